The van der Waals surface area contributed by atoms with Gasteiger partial charge in [0.1, 0.15) is 0 Å². The summed E-state index contributed by atoms with van der Waals surface area (Å²) < 4.78 is 26.1. The van der Waals surface area contributed by atoms with E-state index in [2.05, 4.69) is 12.2 Å². The van der Waals surface area contributed by atoms with Gasteiger partial charge in [-0.3, -0.25) is 0 Å². The summed E-state index contributed by atoms with van der Waals surface area (Å²) in [5, 5.41) is 3.37. The third-order valence-corrected chi connectivity index (χ3v) is 5.96. The number of rotatable bonds is 7. The van der Waals surface area contributed by atoms with Crippen LogP contribution in [-0.2, 0) is 10.0 Å². The number of hydrogen-bond acceptors (Lipinski definition) is 3. The second kappa shape index (κ2) is 6.35. The molecule has 2 fully saturated rings. The molecule has 0 aromatic rings. The molecular weight excluding hydrogens is 248 g/mol. The molecule has 1 aliphatic carbocycles. The van der Waals surface area contributed by atoms with E-state index in [-0.39, 0.29) is 0 Å². The minimum Gasteiger partial charge on any atom is -0.314 e. The van der Waals surface area contributed by atoms with Crippen molar-refractivity contribution in [1.29, 1.82) is 0 Å². The van der Waals surface area contributed by atoms with Crippen LogP contribution in [0.3, 0.4) is 0 Å². The second-order valence-corrected chi connectivity index (χ2v) is 7.76. The van der Waals surface area contributed by atoms with Crippen LogP contribution < -0.4 is 5.32 Å². The third kappa shape index (κ3) is 4.21. The zero-order valence-electron chi connectivity index (χ0n) is 11.4. The molecule has 0 amide bonds. The molecule has 2 aliphatic rings. The Labute approximate surface area is 111 Å². The summed E-state index contributed by atoms with van der Waals surface area (Å²) in [6.45, 7) is 4.47. The van der Waals surface area contributed by atoms with Gasteiger partial charge in [-0.15, -0.1) is 0 Å². The van der Waals surface area contributed by atoms with E-state index in [0.717, 1.165) is 38.9 Å². The highest BCUT2D eigenvalue weighted by atomic mass is 32.2. The molecule has 1 N–H and O–H groups in total. The highest BCUT2D eigenvalue weighted by Gasteiger charge is 2.27. The summed E-state index contributed by atoms with van der Waals surface area (Å²) in [4.78, 5) is 0. The van der Waals surface area contributed by atoms with Crippen LogP contribution in [0, 0.1) is 5.92 Å². The summed E-state index contributed by atoms with van der Waals surface area (Å²) in [6, 6.07) is 0.673. The first-order valence-corrected chi connectivity index (χ1v) is 8.94. The van der Waals surface area contributed by atoms with E-state index < -0.39 is 10.0 Å². The van der Waals surface area contributed by atoms with Gasteiger partial charge in [-0.05, 0) is 44.6 Å². The Bertz CT molecular complexity index is 352. The van der Waals surface area contributed by atoms with Gasteiger partial charge in [-0.1, -0.05) is 13.3 Å². The Morgan fingerprint density at radius 3 is 2.72 bits per heavy atom. The third-order valence-electron chi connectivity index (χ3n) is 4.04. The van der Waals surface area contributed by atoms with Gasteiger partial charge in [0.05, 0.1) is 5.75 Å². The largest absolute Gasteiger partial charge is 0.314 e. The summed E-state index contributed by atoms with van der Waals surface area (Å²) in [5.74, 6) is 0.876. The highest BCUT2D eigenvalue weighted by Crippen LogP contribution is 2.22. The van der Waals surface area contributed by atoms with Crippen molar-refractivity contribution in [3.8, 4) is 0 Å². The fourth-order valence-electron chi connectivity index (χ4n) is 2.59. The fourth-order valence-corrected chi connectivity index (χ4v) is 4.20. The van der Waals surface area contributed by atoms with E-state index in [1.807, 2.05) is 0 Å². The summed E-state index contributed by atoms with van der Waals surface area (Å²) in [7, 11) is -3.01. The van der Waals surface area contributed by atoms with Crippen molar-refractivity contribution in [3.05, 3.63) is 0 Å². The van der Waals surface area contributed by atoms with Crippen molar-refractivity contribution < 1.29 is 8.42 Å². The van der Waals surface area contributed by atoms with Crippen molar-refractivity contribution in [2.75, 3.05) is 25.4 Å². The van der Waals surface area contributed by atoms with Crippen LogP contribution in [0.5, 0.6) is 0 Å². The molecular formula is C13H26N2O2S. The predicted molar refractivity (Wildman–Crippen MR) is 74.0 cm³/mol. The van der Waals surface area contributed by atoms with Crippen LogP contribution in [-0.4, -0.2) is 44.2 Å². The van der Waals surface area contributed by atoms with E-state index >= 15 is 0 Å². The van der Waals surface area contributed by atoms with E-state index in [1.165, 1.54) is 19.3 Å². The first kappa shape index (κ1) is 14.3. The Balaban J connectivity index is 1.73. The molecule has 1 unspecified atom stereocenters. The summed E-state index contributed by atoms with van der Waals surface area (Å²) in [6.07, 6.45) is 6.57. The van der Waals surface area contributed by atoms with Crippen molar-refractivity contribution in [1.82, 2.24) is 9.62 Å². The van der Waals surface area contributed by atoms with Gasteiger partial charge in [0.25, 0.3) is 0 Å². The SMILES string of the molecule is CCC1CCCN(S(=O)(=O)CCCNC2CC2)C1. The quantitative estimate of drug-likeness (QED) is 0.717. The lowest BCUT2D eigenvalue weighted by Gasteiger charge is -2.31. The number of nitrogens with zero attached hydrogens (tertiary/aromatic N) is 1. The fraction of sp³-hybridized carbons (Fsp3) is 1.00. The maximum atomic E-state index is 12.2. The normalized spacial score (nSPS) is 26.4. The first-order chi connectivity index (χ1) is 8.62. The Morgan fingerprint density at radius 1 is 1.28 bits per heavy atom. The molecule has 0 spiro atoms. The molecule has 0 aromatic carbocycles. The van der Waals surface area contributed by atoms with Gasteiger partial charge >= 0.3 is 0 Å². The monoisotopic (exact) mass is 274 g/mol. The van der Waals surface area contributed by atoms with Gasteiger partial charge in [0.2, 0.25) is 10.0 Å². The molecule has 106 valence electrons. The maximum Gasteiger partial charge on any atom is 0.214 e. The number of hydrogen-bond donors (Lipinski definition) is 1. The lowest BCUT2D eigenvalue weighted by atomic mass is 9.97. The maximum absolute atomic E-state index is 12.2. The predicted octanol–water partition coefficient (Wildman–Crippen LogP) is 1.58. The lowest BCUT2D eigenvalue weighted by molar-refractivity contribution is 0.261. The van der Waals surface area contributed by atoms with Crippen LogP contribution in [0.2, 0.25) is 0 Å². The van der Waals surface area contributed by atoms with Gasteiger partial charge in [-0.2, -0.15) is 0 Å². The molecule has 0 bridgehead atoms. The zero-order valence-corrected chi connectivity index (χ0v) is 12.2. The lowest BCUT2D eigenvalue weighted by Crippen LogP contribution is -2.41. The molecule has 18 heavy (non-hydrogen) atoms. The van der Waals surface area contributed by atoms with Gasteiger partial charge < -0.3 is 5.32 Å². The molecule has 4 nitrogen and oxygen atoms in total. The van der Waals surface area contributed by atoms with Crippen LogP contribution in [0.15, 0.2) is 0 Å². The van der Waals surface area contributed by atoms with Crippen LogP contribution in [0.1, 0.15) is 45.4 Å². The van der Waals surface area contributed by atoms with Crippen molar-refractivity contribution >= 4 is 10.0 Å². The van der Waals surface area contributed by atoms with E-state index in [1.54, 1.807) is 4.31 Å². The van der Waals surface area contributed by atoms with Crippen LogP contribution in [0.25, 0.3) is 0 Å². The smallest absolute Gasteiger partial charge is 0.214 e. The summed E-state index contributed by atoms with van der Waals surface area (Å²) in [5.41, 5.74) is 0. The summed E-state index contributed by atoms with van der Waals surface area (Å²) >= 11 is 0. The average molecular weight is 274 g/mol. The molecule has 5 heteroatoms. The standard InChI is InChI=1S/C13H26N2O2S/c1-2-12-5-3-9-15(11-12)18(16,17)10-4-8-14-13-6-7-13/h12-14H,2-11H2,1H3. The molecule has 1 aliphatic heterocycles. The van der Waals surface area contributed by atoms with E-state index in [9.17, 15) is 8.42 Å². The molecule has 1 atom stereocenters. The molecule has 0 aromatic heterocycles. The van der Waals surface area contributed by atoms with Crippen molar-refractivity contribution in [3.63, 3.8) is 0 Å². The van der Waals surface area contributed by atoms with Crippen molar-refractivity contribution in [2.45, 2.75) is 51.5 Å². The topological polar surface area (TPSA) is 49.4 Å². The second-order valence-electron chi connectivity index (χ2n) is 5.67. The molecule has 1 heterocycles. The molecule has 1 saturated heterocycles. The van der Waals surface area contributed by atoms with E-state index in [0.29, 0.717) is 17.7 Å². The van der Waals surface area contributed by atoms with Gasteiger partial charge in [0, 0.05) is 19.1 Å². The average Bonchev–Trinajstić information content (AvgIpc) is 3.19. The number of sulfonamides is 1. The minimum atomic E-state index is -3.01. The van der Waals surface area contributed by atoms with Crippen molar-refractivity contribution in [2.24, 2.45) is 5.92 Å². The van der Waals surface area contributed by atoms with Crippen LogP contribution in [0.4, 0.5) is 0 Å². The zero-order chi connectivity index (χ0) is 13.0. The first-order valence-electron chi connectivity index (χ1n) is 7.33. The molecule has 2 rings (SSSR count). The Kier molecular flexibility index (Phi) is 5.04. The minimum absolute atomic E-state index is 0.309. The molecule has 1 saturated carbocycles. The Morgan fingerprint density at radius 2 is 2.06 bits per heavy atom. The van der Waals surface area contributed by atoms with E-state index in [4.69, 9.17) is 0 Å². The van der Waals surface area contributed by atoms with Gasteiger partial charge in [-0.25, -0.2) is 12.7 Å². The highest BCUT2D eigenvalue weighted by molar-refractivity contribution is 7.89. The number of piperidine rings is 1. The molecule has 0 radical (unpaired) electrons. The van der Waals surface area contributed by atoms with Gasteiger partial charge in [0.15, 0.2) is 0 Å². The Hall–Kier alpha value is -0.130. The number of nitrogens with one attached hydrogen (secondary N) is 1. The van der Waals surface area contributed by atoms with Crippen LogP contribution >= 0.6 is 0 Å².